The van der Waals surface area contributed by atoms with Gasteiger partial charge in [0.2, 0.25) is 5.91 Å². The number of hydrogen-bond acceptors (Lipinski definition) is 2. The molecule has 1 fully saturated rings. The molecular weight excluding hydrogens is 270 g/mol. The predicted octanol–water partition coefficient (Wildman–Crippen LogP) is 2.21. The summed E-state index contributed by atoms with van der Waals surface area (Å²) in [6.07, 6.45) is 2.20. The quantitative estimate of drug-likeness (QED) is 0.835. The summed E-state index contributed by atoms with van der Waals surface area (Å²) < 4.78 is 0. The first-order valence-electron chi connectivity index (χ1n) is 6.84. The average molecular weight is 291 g/mol. The molecule has 0 unspecified atom stereocenters. The molecule has 1 aromatic carbocycles. The van der Waals surface area contributed by atoms with E-state index >= 15 is 0 Å². The van der Waals surface area contributed by atoms with Crippen LogP contribution in [-0.2, 0) is 4.79 Å². The number of amides is 1. The fraction of sp³-hybridized carbons (Fsp3) is 0.467. The molecule has 2 rings (SSSR count). The first-order chi connectivity index (χ1) is 9.45. The second-order valence-corrected chi connectivity index (χ2v) is 5.83. The van der Waals surface area contributed by atoms with Crippen LogP contribution in [0.4, 0.5) is 5.69 Å². The molecule has 2 N–H and O–H groups in total. The zero-order valence-corrected chi connectivity index (χ0v) is 13.0. The van der Waals surface area contributed by atoms with Crippen molar-refractivity contribution in [1.82, 2.24) is 10.2 Å². The van der Waals surface area contributed by atoms with Gasteiger partial charge in [-0.25, -0.2) is 0 Å². The topological polar surface area (TPSA) is 44.4 Å². The molecular formula is C15H21N3OS. The van der Waals surface area contributed by atoms with Gasteiger partial charge in [0.1, 0.15) is 0 Å². The molecule has 0 atom stereocenters. The summed E-state index contributed by atoms with van der Waals surface area (Å²) in [6.45, 7) is 4.36. The van der Waals surface area contributed by atoms with Crippen molar-refractivity contribution in [2.45, 2.75) is 32.7 Å². The van der Waals surface area contributed by atoms with Crippen LogP contribution in [0, 0.1) is 13.8 Å². The maximum Gasteiger partial charge on any atom is 0.239 e. The summed E-state index contributed by atoms with van der Waals surface area (Å²) in [5.41, 5.74) is 3.30. The minimum Gasteiger partial charge on any atom is -0.352 e. The minimum absolute atomic E-state index is 0.0279. The minimum atomic E-state index is 0.0279. The number of aryl methyl sites for hydroxylation is 2. The Hall–Kier alpha value is -1.62. The third kappa shape index (κ3) is 4.20. The molecule has 0 aliphatic heterocycles. The Labute approximate surface area is 125 Å². The monoisotopic (exact) mass is 291 g/mol. The van der Waals surface area contributed by atoms with Crippen molar-refractivity contribution >= 4 is 28.9 Å². The number of hydrogen-bond donors (Lipinski definition) is 2. The highest BCUT2D eigenvalue weighted by Crippen LogP contribution is 2.18. The van der Waals surface area contributed by atoms with Crippen molar-refractivity contribution in [3.63, 3.8) is 0 Å². The van der Waals surface area contributed by atoms with Crippen LogP contribution in [0.3, 0.4) is 0 Å². The van der Waals surface area contributed by atoms with Gasteiger partial charge in [0.25, 0.3) is 0 Å². The number of nitrogens with zero attached hydrogens (tertiary/aromatic N) is 1. The zero-order valence-electron chi connectivity index (χ0n) is 12.2. The lowest BCUT2D eigenvalue weighted by Gasteiger charge is -2.21. The van der Waals surface area contributed by atoms with Gasteiger partial charge in [-0.3, -0.25) is 4.79 Å². The van der Waals surface area contributed by atoms with Gasteiger partial charge in [-0.05, 0) is 56.1 Å². The van der Waals surface area contributed by atoms with Gasteiger partial charge in [0.05, 0.1) is 6.54 Å². The number of anilines is 1. The number of rotatable bonds is 4. The van der Waals surface area contributed by atoms with E-state index in [1.807, 2.05) is 20.9 Å². The summed E-state index contributed by atoms with van der Waals surface area (Å²) in [6, 6.07) is 6.56. The standard InChI is InChI=1S/C15H21N3OS/c1-10-4-5-11(2)13(8-10)17-15(20)18(3)9-14(19)16-12-6-7-12/h4-5,8,12H,6-7,9H2,1-3H3,(H,16,19)(H,17,20). The van der Waals surface area contributed by atoms with Gasteiger partial charge >= 0.3 is 0 Å². The van der Waals surface area contributed by atoms with Crippen molar-refractivity contribution < 1.29 is 4.79 Å². The molecule has 108 valence electrons. The molecule has 1 saturated carbocycles. The Morgan fingerprint density at radius 3 is 2.75 bits per heavy atom. The molecule has 1 aromatic rings. The molecule has 0 saturated heterocycles. The Kier molecular flexibility index (Phi) is 4.60. The number of nitrogens with one attached hydrogen (secondary N) is 2. The van der Waals surface area contributed by atoms with Gasteiger partial charge in [-0.15, -0.1) is 0 Å². The lowest BCUT2D eigenvalue weighted by Crippen LogP contribution is -2.40. The van der Waals surface area contributed by atoms with Crippen LogP contribution in [-0.4, -0.2) is 35.6 Å². The van der Waals surface area contributed by atoms with Gasteiger partial charge in [0, 0.05) is 18.8 Å². The summed E-state index contributed by atoms with van der Waals surface area (Å²) >= 11 is 5.34. The second kappa shape index (κ2) is 6.22. The molecule has 0 aromatic heterocycles. The fourth-order valence-corrected chi connectivity index (χ4v) is 2.04. The highest BCUT2D eigenvalue weighted by atomic mass is 32.1. The van der Waals surface area contributed by atoms with Gasteiger partial charge in [-0.2, -0.15) is 0 Å². The third-order valence-electron chi connectivity index (χ3n) is 3.30. The lowest BCUT2D eigenvalue weighted by atomic mass is 10.1. The van der Waals surface area contributed by atoms with Crippen molar-refractivity contribution in [3.05, 3.63) is 29.3 Å². The van der Waals surface area contributed by atoms with Crippen molar-refractivity contribution in [1.29, 1.82) is 0 Å². The zero-order chi connectivity index (χ0) is 14.7. The van der Waals surface area contributed by atoms with Crippen molar-refractivity contribution in [2.75, 3.05) is 18.9 Å². The lowest BCUT2D eigenvalue weighted by molar-refractivity contribution is -0.121. The smallest absolute Gasteiger partial charge is 0.239 e. The van der Waals surface area contributed by atoms with Crippen molar-refractivity contribution in [2.24, 2.45) is 0 Å². The number of benzene rings is 1. The summed E-state index contributed by atoms with van der Waals surface area (Å²) in [4.78, 5) is 13.5. The molecule has 1 aliphatic rings. The molecule has 20 heavy (non-hydrogen) atoms. The third-order valence-corrected chi connectivity index (χ3v) is 3.72. The Bertz CT molecular complexity index is 526. The van der Waals surface area contributed by atoms with Gasteiger partial charge < -0.3 is 15.5 Å². The number of likely N-dealkylation sites (N-methyl/N-ethyl adjacent to an activating group) is 1. The summed E-state index contributed by atoms with van der Waals surface area (Å²) in [5.74, 6) is 0.0279. The van der Waals surface area contributed by atoms with E-state index in [-0.39, 0.29) is 12.5 Å². The van der Waals surface area contributed by atoms with Crippen LogP contribution in [0.2, 0.25) is 0 Å². The van der Waals surface area contributed by atoms with Crippen LogP contribution in [0.5, 0.6) is 0 Å². The fourth-order valence-electron chi connectivity index (χ4n) is 1.87. The number of thiocarbonyl (C=S) groups is 1. The maximum absolute atomic E-state index is 11.7. The van der Waals surface area contributed by atoms with E-state index in [1.165, 1.54) is 5.56 Å². The first-order valence-corrected chi connectivity index (χ1v) is 7.25. The van der Waals surface area contributed by atoms with Crippen LogP contribution in [0.1, 0.15) is 24.0 Å². The van der Waals surface area contributed by atoms with Crippen LogP contribution < -0.4 is 10.6 Å². The van der Waals surface area contributed by atoms with E-state index in [1.54, 1.807) is 4.90 Å². The van der Waals surface area contributed by atoms with E-state index in [9.17, 15) is 4.79 Å². The van der Waals surface area contributed by atoms with Crippen LogP contribution >= 0.6 is 12.2 Å². The van der Waals surface area contributed by atoms with Gasteiger partial charge in [-0.1, -0.05) is 12.1 Å². The van der Waals surface area contributed by atoms with Gasteiger partial charge in [0.15, 0.2) is 5.11 Å². The Balaban J connectivity index is 1.89. The molecule has 4 nitrogen and oxygen atoms in total. The number of carbonyl (C=O) groups excluding carboxylic acids is 1. The number of carbonyl (C=O) groups is 1. The summed E-state index contributed by atoms with van der Waals surface area (Å²) in [5, 5.41) is 6.72. The Morgan fingerprint density at radius 1 is 1.40 bits per heavy atom. The highest BCUT2D eigenvalue weighted by molar-refractivity contribution is 7.80. The molecule has 0 bridgehead atoms. The molecule has 1 amide bonds. The van der Waals surface area contributed by atoms with E-state index < -0.39 is 0 Å². The maximum atomic E-state index is 11.7. The average Bonchev–Trinajstić information content (AvgIpc) is 3.17. The molecule has 0 radical (unpaired) electrons. The van der Waals surface area contributed by atoms with Crippen LogP contribution in [0.15, 0.2) is 18.2 Å². The molecule has 5 heteroatoms. The Morgan fingerprint density at radius 2 is 2.10 bits per heavy atom. The van der Waals surface area contributed by atoms with E-state index in [0.29, 0.717) is 11.2 Å². The largest absolute Gasteiger partial charge is 0.352 e. The second-order valence-electron chi connectivity index (χ2n) is 5.45. The normalized spacial score (nSPS) is 13.8. The van der Waals surface area contributed by atoms with E-state index in [2.05, 4.69) is 28.8 Å². The molecule has 1 aliphatic carbocycles. The molecule has 0 heterocycles. The SMILES string of the molecule is Cc1ccc(C)c(NC(=S)N(C)CC(=O)NC2CC2)c1. The van der Waals surface area contributed by atoms with Crippen LogP contribution in [0.25, 0.3) is 0 Å². The first kappa shape index (κ1) is 14.8. The van der Waals surface area contributed by atoms with E-state index in [4.69, 9.17) is 12.2 Å². The van der Waals surface area contributed by atoms with E-state index in [0.717, 1.165) is 24.1 Å². The predicted molar refractivity (Wildman–Crippen MR) is 85.9 cm³/mol. The summed E-state index contributed by atoms with van der Waals surface area (Å²) in [7, 11) is 1.83. The van der Waals surface area contributed by atoms with Crippen molar-refractivity contribution in [3.8, 4) is 0 Å². The highest BCUT2D eigenvalue weighted by Gasteiger charge is 2.23. The molecule has 0 spiro atoms.